The number of benzene rings is 2. The molecular weight excluding hydrogens is 476 g/mol. The van der Waals surface area contributed by atoms with Gasteiger partial charge in [0.1, 0.15) is 12.2 Å². The molecule has 5 atom stereocenters. The molecule has 0 saturated carbocycles. The molecule has 1 aliphatic rings. The maximum absolute atomic E-state index is 12.8. The molecular formula is C22H23ClO9S. The number of ether oxygens (including phenoxy) is 4. The lowest BCUT2D eigenvalue weighted by Crippen LogP contribution is -2.62. The van der Waals surface area contributed by atoms with Gasteiger partial charge >= 0.3 is 11.9 Å². The van der Waals surface area contributed by atoms with Gasteiger partial charge in [0.15, 0.2) is 18.5 Å². The zero-order valence-corrected chi connectivity index (χ0v) is 19.4. The molecule has 178 valence electrons. The Bertz CT molecular complexity index is 1050. The zero-order valence-electron chi connectivity index (χ0n) is 17.8. The number of hydrogen-bond acceptors (Lipinski definition) is 9. The van der Waals surface area contributed by atoms with E-state index in [9.17, 15) is 18.0 Å². The Kier molecular flexibility index (Phi) is 8.44. The number of esters is 2. The molecule has 0 bridgehead atoms. The van der Waals surface area contributed by atoms with E-state index in [1.165, 1.54) is 31.4 Å². The van der Waals surface area contributed by atoms with Crippen LogP contribution in [-0.2, 0) is 33.2 Å². The molecule has 2 aromatic rings. The number of alkyl halides is 1. The Hall–Kier alpha value is -2.50. The summed E-state index contributed by atoms with van der Waals surface area (Å²) in [5.41, 5.74) is 0.423. The second kappa shape index (κ2) is 11.1. The minimum absolute atomic E-state index is 0.201. The first-order valence-electron chi connectivity index (χ1n) is 9.88. The molecule has 0 N–H and O–H groups in total. The van der Waals surface area contributed by atoms with E-state index in [1.807, 2.05) is 0 Å². The van der Waals surface area contributed by atoms with E-state index in [0.29, 0.717) is 0 Å². The lowest BCUT2D eigenvalue weighted by molar-refractivity contribution is -0.278. The van der Waals surface area contributed by atoms with E-state index in [4.69, 9.17) is 34.7 Å². The molecule has 1 heterocycles. The van der Waals surface area contributed by atoms with E-state index >= 15 is 0 Å². The fraction of sp³-hybridized carbons (Fsp3) is 0.364. The Balaban J connectivity index is 1.98. The van der Waals surface area contributed by atoms with Gasteiger partial charge in [0, 0.05) is 7.11 Å². The van der Waals surface area contributed by atoms with E-state index < -0.39 is 52.8 Å². The number of rotatable bonds is 8. The van der Waals surface area contributed by atoms with Crippen LogP contribution in [0.2, 0.25) is 0 Å². The maximum atomic E-state index is 12.8. The third-order valence-corrected chi connectivity index (χ3v) is 5.64. The highest BCUT2D eigenvalue weighted by Gasteiger charge is 2.52. The van der Waals surface area contributed by atoms with Crippen molar-refractivity contribution in [2.75, 3.05) is 19.2 Å². The molecule has 11 heteroatoms. The van der Waals surface area contributed by atoms with Crippen LogP contribution in [0, 0.1) is 0 Å². The van der Waals surface area contributed by atoms with Crippen LogP contribution >= 0.6 is 11.6 Å². The van der Waals surface area contributed by atoms with Crippen LogP contribution in [0.15, 0.2) is 60.7 Å². The van der Waals surface area contributed by atoms with Crippen molar-refractivity contribution in [1.29, 1.82) is 0 Å². The molecule has 1 saturated heterocycles. The number of hydrogen-bond donors (Lipinski definition) is 0. The standard InChI is InChI=1S/C22H23ClO9S/c1-28-22-19(31-21(25)15-11-7-4-8-12-15)18(30-20(24)14-9-5-3-6-10-14)17(16(13-23)29-22)32-33(2,26)27/h3-12,16-19,22H,13H2,1-2H3. The first-order valence-corrected chi connectivity index (χ1v) is 12.2. The van der Waals surface area contributed by atoms with Crippen LogP contribution in [0.1, 0.15) is 20.7 Å². The van der Waals surface area contributed by atoms with Crippen LogP contribution in [0.5, 0.6) is 0 Å². The zero-order chi connectivity index (χ0) is 24.0. The first-order chi connectivity index (χ1) is 15.7. The summed E-state index contributed by atoms with van der Waals surface area (Å²) in [5, 5.41) is 0. The largest absolute Gasteiger partial charge is 0.452 e. The first kappa shape index (κ1) is 25.1. The van der Waals surface area contributed by atoms with E-state index in [2.05, 4.69) is 0 Å². The molecule has 1 aliphatic heterocycles. The maximum Gasteiger partial charge on any atom is 0.338 e. The molecule has 33 heavy (non-hydrogen) atoms. The van der Waals surface area contributed by atoms with Gasteiger partial charge in [0.2, 0.25) is 0 Å². The predicted octanol–water partition coefficient (Wildman–Crippen LogP) is 2.39. The van der Waals surface area contributed by atoms with E-state index in [-0.39, 0.29) is 17.0 Å². The van der Waals surface area contributed by atoms with Crippen molar-refractivity contribution >= 4 is 33.7 Å². The van der Waals surface area contributed by atoms with Crippen molar-refractivity contribution in [3.8, 4) is 0 Å². The molecule has 0 aromatic heterocycles. The Morgan fingerprint density at radius 2 is 1.36 bits per heavy atom. The third-order valence-electron chi connectivity index (χ3n) is 4.77. The quantitative estimate of drug-likeness (QED) is 0.307. The number of carbonyl (C=O) groups is 2. The van der Waals surface area contributed by atoms with Crippen molar-refractivity contribution in [3.63, 3.8) is 0 Å². The van der Waals surface area contributed by atoms with Crippen LogP contribution in [-0.4, -0.2) is 70.3 Å². The normalized spacial score (nSPS) is 25.2. The third kappa shape index (κ3) is 6.52. The predicted molar refractivity (Wildman–Crippen MR) is 117 cm³/mol. The van der Waals surface area contributed by atoms with Gasteiger partial charge in [-0.15, -0.1) is 11.6 Å². The summed E-state index contributed by atoms with van der Waals surface area (Å²) in [6, 6.07) is 16.1. The highest BCUT2D eigenvalue weighted by atomic mass is 35.5. The van der Waals surface area contributed by atoms with Gasteiger partial charge in [-0.1, -0.05) is 36.4 Å². The summed E-state index contributed by atoms with van der Waals surface area (Å²) in [6.07, 6.45) is -5.60. The summed E-state index contributed by atoms with van der Waals surface area (Å²) < 4.78 is 51.3. The molecule has 9 nitrogen and oxygen atoms in total. The highest BCUT2D eigenvalue weighted by Crippen LogP contribution is 2.31. The lowest BCUT2D eigenvalue weighted by Gasteiger charge is -2.43. The summed E-state index contributed by atoms with van der Waals surface area (Å²) in [4.78, 5) is 25.6. The fourth-order valence-electron chi connectivity index (χ4n) is 3.30. The van der Waals surface area contributed by atoms with Gasteiger partial charge in [-0.3, -0.25) is 4.18 Å². The van der Waals surface area contributed by atoms with Gasteiger partial charge in [-0.05, 0) is 24.3 Å². The van der Waals surface area contributed by atoms with Gasteiger partial charge in [0.05, 0.1) is 23.3 Å². The fourth-order valence-corrected chi connectivity index (χ4v) is 4.19. The SMILES string of the molecule is COC1OC(CCl)C(OS(C)(=O)=O)C(OC(=O)c2ccccc2)C1OC(=O)c1ccccc1. The minimum Gasteiger partial charge on any atom is -0.452 e. The number of halogens is 1. The number of methoxy groups -OCH3 is 1. The summed E-state index contributed by atoms with van der Waals surface area (Å²) >= 11 is 5.99. The Labute approximate surface area is 196 Å². The van der Waals surface area contributed by atoms with Crippen LogP contribution in [0.3, 0.4) is 0 Å². The van der Waals surface area contributed by atoms with Gasteiger partial charge in [-0.25, -0.2) is 9.59 Å². The smallest absolute Gasteiger partial charge is 0.338 e. The van der Waals surface area contributed by atoms with Crippen molar-refractivity contribution in [3.05, 3.63) is 71.8 Å². The average molecular weight is 499 g/mol. The molecule has 0 spiro atoms. The number of carbonyl (C=O) groups excluding carboxylic acids is 2. The van der Waals surface area contributed by atoms with Crippen LogP contribution in [0.25, 0.3) is 0 Å². The van der Waals surface area contributed by atoms with Crippen molar-refractivity contribution < 1.29 is 41.1 Å². The van der Waals surface area contributed by atoms with Crippen LogP contribution < -0.4 is 0 Å². The molecule has 0 aliphatic carbocycles. The topological polar surface area (TPSA) is 114 Å². The Morgan fingerprint density at radius 3 is 1.79 bits per heavy atom. The average Bonchev–Trinajstić information content (AvgIpc) is 2.81. The molecule has 5 unspecified atom stereocenters. The summed E-state index contributed by atoms with van der Waals surface area (Å²) in [6.45, 7) is 0. The monoisotopic (exact) mass is 498 g/mol. The molecule has 2 aromatic carbocycles. The molecule has 0 amide bonds. The van der Waals surface area contributed by atoms with E-state index in [1.54, 1.807) is 36.4 Å². The van der Waals surface area contributed by atoms with Crippen molar-refractivity contribution in [1.82, 2.24) is 0 Å². The Morgan fingerprint density at radius 1 is 0.879 bits per heavy atom. The van der Waals surface area contributed by atoms with Crippen molar-refractivity contribution in [2.45, 2.75) is 30.7 Å². The minimum atomic E-state index is -4.04. The van der Waals surface area contributed by atoms with Gasteiger partial charge < -0.3 is 18.9 Å². The summed E-state index contributed by atoms with van der Waals surface area (Å²) in [5.74, 6) is -1.75. The molecule has 3 rings (SSSR count). The summed E-state index contributed by atoms with van der Waals surface area (Å²) in [7, 11) is -2.74. The molecule has 0 radical (unpaired) electrons. The van der Waals surface area contributed by atoms with E-state index in [0.717, 1.165) is 6.26 Å². The molecule has 1 fully saturated rings. The second-order valence-corrected chi connectivity index (χ2v) is 9.08. The van der Waals surface area contributed by atoms with Crippen LogP contribution in [0.4, 0.5) is 0 Å². The highest BCUT2D eigenvalue weighted by molar-refractivity contribution is 7.86. The van der Waals surface area contributed by atoms with Crippen molar-refractivity contribution in [2.24, 2.45) is 0 Å². The lowest BCUT2D eigenvalue weighted by atomic mass is 9.99. The van der Waals surface area contributed by atoms with Gasteiger partial charge in [0.25, 0.3) is 10.1 Å². The van der Waals surface area contributed by atoms with Gasteiger partial charge in [-0.2, -0.15) is 8.42 Å². The second-order valence-electron chi connectivity index (χ2n) is 7.17.